The predicted octanol–water partition coefficient (Wildman–Crippen LogP) is 5.28. The molecule has 0 N–H and O–H groups in total. The zero-order chi connectivity index (χ0) is 15.1. The Morgan fingerprint density at radius 3 is 1.71 bits per heavy atom. The molecular weight excluding hydrogens is 270 g/mol. The lowest BCUT2D eigenvalue weighted by molar-refractivity contribution is 0.879. The molecule has 2 heteroatoms. The van der Waals surface area contributed by atoms with Gasteiger partial charge >= 0.3 is 0 Å². The summed E-state index contributed by atoms with van der Waals surface area (Å²) in [4.78, 5) is 4.78. The molecule has 108 valence electrons. The van der Waals surface area contributed by atoms with E-state index in [0.29, 0.717) is 0 Å². The van der Waals surface area contributed by atoms with Crippen LogP contribution in [0.5, 0.6) is 0 Å². The molecule has 0 bridgehead atoms. The normalized spacial score (nSPS) is 12.6. The Bertz CT molecular complexity index is 555. The summed E-state index contributed by atoms with van der Waals surface area (Å²) in [5.41, 5.74) is 4.76. The van der Waals surface area contributed by atoms with Crippen molar-refractivity contribution in [2.45, 2.75) is 25.7 Å². The third-order valence-electron chi connectivity index (χ3n) is 3.15. The van der Waals surface area contributed by atoms with Crippen molar-refractivity contribution in [1.29, 1.82) is 0 Å². The van der Waals surface area contributed by atoms with Gasteiger partial charge in [0.15, 0.2) is 0 Å². The highest BCUT2D eigenvalue weighted by atomic mass is 28.3. The van der Waals surface area contributed by atoms with Gasteiger partial charge in [-0.3, -0.25) is 4.99 Å². The van der Waals surface area contributed by atoms with Crippen LogP contribution >= 0.6 is 0 Å². The molecule has 0 spiro atoms. The van der Waals surface area contributed by atoms with Crippen LogP contribution in [-0.2, 0) is 0 Å². The summed E-state index contributed by atoms with van der Waals surface area (Å²) in [6.45, 7) is 6.97. The maximum Gasteiger partial charge on any atom is 0.0999 e. The molecule has 0 heterocycles. The molecule has 2 aromatic carbocycles. The molecule has 0 saturated carbocycles. The number of allylic oxidation sites excluding steroid dienone is 1. The zero-order valence-electron chi connectivity index (χ0n) is 13.0. The highest BCUT2D eigenvalue weighted by Crippen LogP contribution is 2.25. The first-order valence-corrected chi connectivity index (χ1v) is 10.9. The SMILES string of the molecule is C[Si](C)(C)/C=C/C=NC(c1ccccc1)c1ccccc1. The summed E-state index contributed by atoms with van der Waals surface area (Å²) >= 11 is 0. The highest BCUT2D eigenvalue weighted by molar-refractivity contribution is 6.81. The van der Waals surface area contributed by atoms with Crippen molar-refractivity contribution in [2.75, 3.05) is 0 Å². The summed E-state index contributed by atoms with van der Waals surface area (Å²) in [7, 11) is -1.16. The van der Waals surface area contributed by atoms with Crippen LogP contribution in [0.15, 0.2) is 77.4 Å². The van der Waals surface area contributed by atoms with Gasteiger partial charge in [0, 0.05) is 6.21 Å². The van der Waals surface area contributed by atoms with Crippen LogP contribution in [0.2, 0.25) is 19.6 Å². The summed E-state index contributed by atoms with van der Waals surface area (Å²) in [6.07, 6.45) is 4.05. The Kier molecular flexibility index (Phi) is 5.29. The first-order valence-electron chi connectivity index (χ1n) is 7.37. The number of hydrogen-bond donors (Lipinski definition) is 0. The van der Waals surface area contributed by atoms with Gasteiger partial charge in [-0.15, -0.1) is 0 Å². The predicted molar refractivity (Wildman–Crippen MR) is 95.7 cm³/mol. The summed E-state index contributed by atoms with van der Waals surface area (Å²) < 4.78 is 0. The van der Waals surface area contributed by atoms with Crippen LogP contribution in [0, 0.1) is 0 Å². The second-order valence-electron chi connectivity index (χ2n) is 6.25. The smallest absolute Gasteiger partial charge is 0.0999 e. The van der Waals surface area contributed by atoms with Crippen LogP contribution in [0.25, 0.3) is 0 Å². The molecular formula is C19H23NSi. The molecule has 2 rings (SSSR count). The van der Waals surface area contributed by atoms with Gasteiger partial charge in [0.1, 0.15) is 0 Å². The first kappa shape index (κ1) is 15.5. The van der Waals surface area contributed by atoms with Gasteiger partial charge in [0.25, 0.3) is 0 Å². The molecule has 0 unspecified atom stereocenters. The number of nitrogens with zero attached hydrogens (tertiary/aromatic N) is 1. The molecule has 21 heavy (non-hydrogen) atoms. The second kappa shape index (κ2) is 7.18. The van der Waals surface area contributed by atoms with E-state index in [2.05, 4.69) is 79.9 Å². The number of aliphatic imine (C=N–C) groups is 1. The Morgan fingerprint density at radius 2 is 1.29 bits per heavy atom. The summed E-state index contributed by atoms with van der Waals surface area (Å²) in [5, 5.41) is 0. The van der Waals surface area contributed by atoms with Crippen LogP contribution in [0.1, 0.15) is 17.2 Å². The Hall–Kier alpha value is -1.93. The molecule has 0 aliphatic carbocycles. The maximum absolute atomic E-state index is 4.78. The molecule has 0 saturated heterocycles. The van der Waals surface area contributed by atoms with Crippen molar-refractivity contribution in [3.8, 4) is 0 Å². The zero-order valence-corrected chi connectivity index (χ0v) is 14.0. The van der Waals surface area contributed by atoms with E-state index in [4.69, 9.17) is 4.99 Å². The van der Waals surface area contributed by atoms with Gasteiger partial charge in [-0.25, -0.2) is 0 Å². The lowest BCUT2D eigenvalue weighted by Gasteiger charge is -2.13. The quantitative estimate of drug-likeness (QED) is 0.525. The van der Waals surface area contributed by atoms with E-state index < -0.39 is 8.07 Å². The average Bonchev–Trinajstić information content (AvgIpc) is 2.48. The van der Waals surface area contributed by atoms with E-state index in [0.717, 1.165) is 0 Å². The van der Waals surface area contributed by atoms with Crippen molar-refractivity contribution in [1.82, 2.24) is 0 Å². The minimum absolute atomic E-state index is 0.0682. The Balaban J connectivity index is 2.26. The van der Waals surface area contributed by atoms with E-state index in [-0.39, 0.29) is 6.04 Å². The Labute approximate surface area is 129 Å². The van der Waals surface area contributed by atoms with Crippen molar-refractivity contribution in [3.05, 3.63) is 83.6 Å². The third-order valence-corrected chi connectivity index (χ3v) is 4.34. The number of hydrogen-bond acceptors (Lipinski definition) is 1. The Morgan fingerprint density at radius 1 is 0.810 bits per heavy atom. The van der Waals surface area contributed by atoms with E-state index in [9.17, 15) is 0 Å². The first-order chi connectivity index (χ1) is 10.1. The van der Waals surface area contributed by atoms with Gasteiger partial charge in [-0.2, -0.15) is 0 Å². The molecule has 0 radical (unpaired) electrons. The number of rotatable bonds is 5. The van der Waals surface area contributed by atoms with Gasteiger partial charge in [-0.05, 0) is 11.1 Å². The molecule has 0 amide bonds. The van der Waals surface area contributed by atoms with E-state index >= 15 is 0 Å². The lowest BCUT2D eigenvalue weighted by Crippen LogP contribution is -2.15. The van der Waals surface area contributed by atoms with Crippen LogP contribution in [0.4, 0.5) is 0 Å². The third kappa shape index (κ3) is 5.16. The van der Waals surface area contributed by atoms with Crippen LogP contribution in [-0.4, -0.2) is 14.3 Å². The lowest BCUT2D eigenvalue weighted by atomic mass is 9.99. The summed E-state index contributed by atoms with van der Waals surface area (Å²) in [6, 6.07) is 21.0. The maximum atomic E-state index is 4.78. The highest BCUT2D eigenvalue weighted by Gasteiger charge is 2.11. The molecule has 0 aromatic heterocycles. The van der Waals surface area contributed by atoms with Crippen molar-refractivity contribution in [3.63, 3.8) is 0 Å². The minimum atomic E-state index is -1.16. The molecule has 0 aliphatic heterocycles. The molecule has 0 atom stereocenters. The molecule has 0 aliphatic rings. The van der Waals surface area contributed by atoms with E-state index in [1.54, 1.807) is 0 Å². The van der Waals surface area contributed by atoms with E-state index in [1.165, 1.54) is 11.1 Å². The van der Waals surface area contributed by atoms with Crippen molar-refractivity contribution >= 4 is 14.3 Å². The monoisotopic (exact) mass is 293 g/mol. The van der Waals surface area contributed by atoms with E-state index in [1.807, 2.05) is 18.3 Å². The van der Waals surface area contributed by atoms with Crippen LogP contribution in [0.3, 0.4) is 0 Å². The average molecular weight is 293 g/mol. The minimum Gasteiger partial charge on any atom is -0.280 e. The fourth-order valence-corrected chi connectivity index (χ4v) is 2.77. The van der Waals surface area contributed by atoms with Crippen LogP contribution < -0.4 is 0 Å². The molecule has 2 aromatic rings. The van der Waals surface area contributed by atoms with Crippen molar-refractivity contribution in [2.24, 2.45) is 4.99 Å². The fourth-order valence-electron chi connectivity index (χ4n) is 2.10. The van der Waals surface area contributed by atoms with Gasteiger partial charge in [0.2, 0.25) is 0 Å². The largest absolute Gasteiger partial charge is 0.280 e. The fraction of sp³-hybridized carbons (Fsp3) is 0.211. The van der Waals surface area contributed by atoms with Crippen molar-refractivity contribution < 1.29 is 0 Å². The van der Waals surface area contributed by atoms with Gasteiger partial charge < -0.3 is 0 Å². The second-order valence-corrected chi connectivity index (χ2v) is 11.3. The summed E-state index contributed by atoms with van der Waals surface area (Å²) in [5.74, 6) is 0. The molecule has 1 nitrogen and oxygen atoms in total. The molecule has 0 fully saturated rings. The number of benzene rings is 2. The van der Waals surface area contributed by atoms with Gasteiger partial charge in [0.05, 0.1) is 14.1 Å². The van der Waals surface area contributed by atoms with Gasteiger partial charge in [-0.1, -0.05) is 92.1 Å². The topological polar surface area (TPSA) is 12.4 Å². The standard InChI is InChI=1S/C19H23NSi/c1-21(2,3)16-10-15-20-19(17-11-6-4-7-12-17)18-13-8-5-9-14-18/h4-16,19H,1-3H3/b16-10+,20-15?.